The molecule has 9 nitrogen and oxygen atoms in total. The van der Waals surface area contributed by atoms with E-state index < -0.39 is 10.8 Å². The summed E-state index contributed by atoms with van der Waals surface area (Å²) in [6.07, 6.45) is 0.530. The van der Waals surface area contributed by atoms with Gasteiger partial charge >= 0.3 is 0 Å². The van der Waals surface area contributed by atoms with E-state index in [2.05, 4.69) is 10.2 Å². The molecule has 2 N–H and O–H groups in total. The normalized spacial score (nSPS) is 10.3. The van der Waals surface area contributed by atoms with Crippen molar-refractivity contribution in [3.8, 4) is 6.07 Å². The molecule has 0 aliphatic heterocycles. The van der Waals surface area contributed by atoms with E-state index in [-0.39, 0.29) is 17.7 Å². The molecule has 0 saturated carbocycles. The lowest BCUT2D eigenvalue weighted by Crippen LogP contribution is -2.12. The number of nitriles is 1. The highest BCUT2D eigenvalue weighted by molar-refractivity contribution is 7.99. The Kier molecular flexibility index (Phi) is 4.92. The van der Waals surface area contributed by atoms with Crippen LogP contribution in [-0.2, 0) is 18.3 Å². The van der Waals surface area contributed by atoms with Gasteiger partial charge in [0.05, 0.1) is 10.5 Å². The summed E-state index contributed by atoms with van der Waals surface area (Å²) < 4.78 is 1.69. The van der Waals surface area contributed by atoms with Gasteiger partial charge in [0.2, 0.25) is 5.91 Å². The number of nitro benzene ring substituents is 1. The molecule has 1 heterocycles. The zero-order valence-electron chi connectivity index (χ0n) is 12.1. The number of nitrogens with two attached hydrogens (primary N) is 1. The molecule has 0 radical (unpaired) electrons. The average Bonchev–Trinajstić information content (AvgIpc) is 2.86. The van der Waals surface area contributed by atoms with Crippen molar-refractivity contribution in [3.63, 3.8) is 0 Å². The fourth-order valence-electron chi connectivity index (χ4n) is 1.79. The van der Waals surface area contributed by atoms with Crippen molar-refractivity contribution in [2.24, 2.45) is 12.8 Å². The molecule has 0 aliphatic rings. The van der Waals surface area contributed by atoms with Crippen LogP contribution in [0.1, 0.15) is 17.8 Å². The quantitative estimate of drug-likeness (QED) is 0.618. The molecule has 0 aliphatic carbocycles. The summed E-state index contributed by atoms with van der Waals surface area (Å²) in [5.74, 6) is 0.163. The standard InChI is InChI=1S/C13H12N6O3S/c1-18-12(5-4-11(15)20)16-17-13(18)23-10-3-2-9(19(21)22)6-8(10)7-14/h2-3,6H,4-5H2,1H3,(H2,15,20). The number of carbonyl (C=O) groups is 1. The summed E-state index contributed by atoms with van der Waals surface area (Å²) in [6, 6.07) is 5.97. The van der Waals surface area contributed by atoms with Crippen LogP contribution in [0.4, 0.5) is 5.69 Å². The lowest BCUT2D eigenvalue weighted by Gasteiger charge is -2.04. The Morgan fingerprint density at radius 1 is 1.52 bits per heavy atom. The minimum absolute atomic E-state index is 0.147. The number of nitrogens with zero attached hydrogens (tertiary/aromatic N) is 5. The second-order valence-corrected chi connectivity index (χ2v) is 5.58. The van der Waals surface area contributed by atoms with Gasteiger partial charge < -0.3 is 10.3 Å². The van der Waals surface area contributed by atoms with Crippen LogP contribution in [0.25, 0.3) is 0 Å². The Bertz CT molecular complexity index is 811. The number of amides is 1. The average molecular weight is 332 g/mol. The Labute approximate surface area is 135 Å². The molecule has 1 amide bonds. The van der Waals surface area contributed by atoms with Crippen molar-refractivity contribution in [1.82, 2.24) is 14.8 Å². The Morgan fingerprint density at radius 3 is 2.87 bits per heavy atom. The van der Waals surface area contributed by atoms with Crippen LogP contribution >= 0.6 is 11.8 Å². The van der Waals surface area contributed by atoms with Crippen molar-refractivity contribution in [3.05, 3.63) is 39.7 Å². The zero-order chi connectivity index (χ0) is 17.0. The molecule has 2 aromatic rings. The maximum Gasteiger partial charge on any atom is 0.270 e. The van der Waals surface area contributed by atoms with Crippen molar-refractivity contribution in [2.45, 2.75) is 22.9 Å². The molecule has 118 valence electrons. The van der Waals surface area contributed by atoms with Crippen LogP contribution in [0.5, 0.6) is 0 Å². The van der Waals surface area contributed by atoms with Gasteiger partial charge in [0, 0.05) is 36.9 Å². The summed E-state index contributed by atoms with van der Waals surface area (Å²) in [5, 5.41) is 28.4. The van der Waals surface area contributed by atoms with E-state index in [0.717, 1.165) is 0 Å². The number of non-ortho nitro benzene ring substituents is 1. The van der Waals surface area contributed by atoms with Gasteiger partial charge in [0.25, 0.3) is 5.69 Å². The molecule has 0 spiro atoms. The second-order valence-electron chi connectivity index (χ2n) is 4.58. The zero-order valence-corrected chi connectivity index (χ0v) is 12.9. The first-order valence-electron chi connectivity index (χ1n) is 6.45. The van der Waals surface area contributed by atoms with Gasteiger partial charge in [0.15, 0.2) is 5.16 Å². The molecule has 0 fully saturated rings. The predicted molar refractivity (Wildman–Crippen MR) is 80.5 cm³/mol. The third kappa shape index (κ3) is 3.83. The number of hydrogen-bond acceptors (Lipinski definition) is 7. The lowest BCUT2D eigenvalue weighted by atomic mass is 10.2. The number of carbonyl (C=O) groups excluding carboxylic acids is 1. The molecule has 1 aromatic carbocycles. The van der Waals surface area contributed by atoms with E-state index in [1.807, 2.05) is 6.07 Å². The third-order valence-electron chi connectivity index (χ3n) is 3.02. The summed E-state index contributed by atoms with van der Waals surface area (Å²) in [5.41, 5.74) is 5.14. The van der Waals surface area contributed by atoms with E-state index in [0.29, 0.717) is 22.3 Å². The predicted octanol–water partition coefficient (Wildman–Crippen LogP) is 1.16. The molecule has 1 aromatic heterocycles. The summed E-state index contributed by atoms with van der Waals surface area (Å²) >= 11 is 1.17. The number of primary amides is 1. The van der Waals surface area contributed by atoms with Crippen LogP contribution < -0.4 is 5.73 Å². The van der Waals surface area contributed by atoms with Gasteiger partial charge in [-0.15, -0.1) is 10.2 Å². The highest BCUT2D eigenvalue weighted by Gasteiger charge is 2.15. The topological polar surface area (TPSA) is 141 Å². The van der Waals surface area contributed by atoms with E-state index in [9.17, 15) is 14.9 Å². The summed E-state index contributed by atoms with van der Waals surface area (Å²) in [7, 11) is 1.73. The number of aromatic nitrogens is 3. The fourth-order valence-corrected chi connectivity index (χ4v) is 2.66. The fraction of sp³-hybridized carbons (Fsp3) is 0.231. The molecule has 23 heavy (non-hydrogen) atoms. The first kappa shape index (κ1) is 16.4. The summed E-state index contributed by atoms with van der Waals surface area (Å²) in [6.45, 7) is 0. The minimum atomic E-state index is -0.556. The highest BCUT2D eigenvalue weighted by atomic mass is 32.2. The summed E-state index contributed by atoms with van der Waals surface area (Å²) in [4.78, 5) is 21.5. The number of rotatable bonds is 6. The van der Waals surface area contributed by atoms with Crippen LogP contribution in [0.3, 0.4) is 0 Å². The lowest BCUT2D eigenvalue weighted by molar-refractivity contribution is -0.384. The van der Waals surface area contributed by atoms with Crippen molar-refractivity contribution < 1.29 is 9.72 Å². The van der Waals surface area contributed by atoms with E-state index in [1.54, 1.807) is 11.6 Å². The maximum absolute atomic E-state index is 10.8. The van der Waals surface area contributed by atoms with Crippen LogP contribution in [0, 0.1) is 21.4 Å². The Balaban J connectivity index is 2.24. The SMILES string of the molecule is Cn1c(CCC(N)=O)nnc1Sc1ccc([N+](=O)[O-])cc1C#N. The van der Waals surface area contributed by atoms with Crippen LogP contribution in [0.15, 0.2) is 28.3 Å². The van der Waals surface area contributed by atoms with E-state index in [4.69, 9.17) is 11.0 Å². The maximum atomic E-state index is 10.8. The number of nitro groups is 1. The molecule has 0 unspecified atom stereocenters. The van der Waals surface area contributed by atoms with Crippen molar-refractivity contribution in [2.75, 3.05) is 0 Å². The smallest absolute Gasteiger partial charge is 0.270 e. The van der Waals surface area contributed by atoms with Gasteiger partial charge in [-0.3, -0.25) is 14.9 Å². The monoisotopic (exact) mass is 332 g/mol. The first-order valence-corrected chi connectivity index (χ1v) is 7.27. The van der Waals surface area contributed by atoms with Crippen LogP contribution in [-0.4, -0.2) is 25.6 Å². The first-order chi connectivity index (χ1) is 10.9. The number of benzene rings is 1. The number of aryl methyl sites for hydroxylation is 1. The van der Waals surface area contributed by atoms with Gasteiger partial charge in [-0.1, -0.05) is 0 Å². The van der Waals surface area contributed by atoms with Gasteiger partial charge in [-0.05, 0) is 17.8 Å². The molecular formula is C13H12N6O3S. The molecule has 0 atom stereocenters. The molecule has 0 bridgehead atoms. The molecular weight excluding hydrogens is 320 g/mol. The Morgan fingerprint density at radius 2 is 2.26 bits per heavy atom. The molecule has 10 heteroatoms. The molecule has 2 rings (SSSR count). The van der Waals surface area contributed by atoms with Gasteiger partial charge in [-0.25, -0.2) is 0 Å². The minimum Gasteiger partial charge on any atom is -0.370 e. The van der Waals surface area contributed by atoms with Crippen LogP contribution in [0.2, 0.25) is 0 Å². The van der Waals surface area contributed by atoms with E-state index >= 15 is 0 Å². The van der Waals surface area contributed by atoms with Crippen molar-refractivity contribution in [1.29, 1.82) is 5.26 Å². The van der Waals surface area contributed by atoms with Gasteiger partial charge in [-0.2, -0.15) is 5.26 Å². The van der Waals surface area contributed by atoms with Gasteiger partial charge in [0.1, 0.15) is 11.9 Å². The molecule has 0 saturated heterocycles. The number of hydrogen-bond donors (Lipinski definition) is 1. The second kappa shape index (κ2) is 6.89. The highest BCUT2D eigenvalue weighted by Crippen LogP contribution is 2.31. The Hall–Kier alpha value is -2.93. The third-order valence-corrected chi connectivity index (χ3v) is 4.13. The largest absolute Gasteiger partial charge is 0.370 e. The van der Waals surface area contributed by atoms with Crippen molar-refractivity contribution >= 4 is 23.4 Å². The van der Waals surface area contributed by atoms with E-state index in [1.165, 1.54) is 30.0 Å².